The number of hydrogen-bond acceptors (Lipinski definition) is 4. The topological polar surface area (TPSA) is 87.0 Å². The van der Waals surface area contributed by atoms with Gasteiger partial charge in [0.05, 0.1) is 7.11 Å². The fourth-order valence-electron chi connectivity index (χ4n) is 1.18. The molecule has 0 aliphatic rings. The number of carboxylic acids is 1. The van der Waals surface area contributed by atoms with Crippen LogP contribution in [0.15, 0.2) is 22.7 Å². The van der Waals surface area contributed by atoms with Crippen LogP contribution in [0.5, 0.6) is 5.75 Å². The second-order valence-electron chi connectivity index (χ2n) is 3.12. The average molecular weight is 291 g/mol. The van der Waals surface area contributed by atoms with Crippen molar-refractivity contribution >= 4 is 21.9 Å². The van der Waals surface area contributed by atoms with Crippen molar-refractivity contribution < 1.29 is 24.9 Å². The molecule has 0 radical (unpaired) electrons. The fourth-order valence-corrected chi connectivity index (χ4v) is 1.66. The lowest BCUT2D eigenvalue weighted by atomic mass is 10.0. The lowest BCUT2D eigenvalue weighted by Crippen LogP contribution is -2.27. The number of carboxylic acid groups (broad SMARTS) is 1. The first-order valence-electron chi connectivity index (χ1n) is 4.39. The molecular weight excluding hydrogens is 280 g/mol. The van der Waals surface area contributed by atoms with Crippen LogP contribution in [0.4, 0.5) is 0 Å². The maximum atomic E-state index is 10.5. The molecule has 0 spiro atoms. The van der Waals surface area contributed by atoms with Gasteiger partial charge in [-0.2, -0.15) is 0 Å². The number of aliphatic hydroxyl groups is 2. The minimum Gasteiger partial charge on any atom is -0.497 e. The lowest BCUT2D eigenvalue weighted by Gasteiger charge is -2.16. The van der Waals surface area contributed by atoms with E-state index in [1.54, 1.807) is 12.1 Å². The van der Waals surface area contributed by atoms with Gasteiger partial charge in [-0.15, -0.1) is 0 Å². The van der Waals surface area contributed by atoms with E-state index in [1.165, 1.54) is 13.2 Å². The molecule has 0 saturated carbocycles. The number of benzene rings is 1. The number of rotatable bonds is 4. The maximum absolute atomic E-state index is 10.5. The number of aliphatic carboxylic acids is 1. The number of halogens is 1. The number of carbonyl (C=O) groups is 1. The second-order valence-corrected chi connectivity index (χ2v) is 3.97. The Morgan fingerprint density at radius 2 is 2.06 bits per heavy atom. The molecule has 0 aliphatic carbocycles. The van der Waals surface area contributed by atoms with E-state index in [2.05, 4.69) is 15.9 Å². The molecule has 2 atom stereocenters. The summed E-state index contributed by atoms with van der Waals surface area (Å²) >= 11 is 3.16. The molecule has 0 aromatic heterocycles. The highest BCUT2D eigenvalue weighted by Crippen LogP contribution is 2.29. The first kappa shape index (κ1) is 13.0. The van der Waals surface area contributed by atoms with E-state index in [1.807, 2.05) is 0 Å². The van der Waals surface area contributed by atoms with E-state index in [0.717, 1.165) is 0 Å². The average Bonchev–Trinajstić information content (AvgIpc) is 2.27. The molecule has 16 heavy (non-hydrogen) atoms. The van der Waals surface area contributed by atoms with Crippen LogP contribution in [0.3, 0.4) is 0 Å². The SMILES string of the molecule is COc1ccc(Br)c(C(O)C(O)C(=O)O)c1. The summed E-state index contributed by atoms with van der Waals surface area (Å²) in [6, 6.07) is 4.71. The zero-order valence-electron chi connectivity index (χ0n) is 8.42. The number of hydrogen-bond donors (Lipinski definition) is 3. The molecule has 0 saturated heterocycles. The molecule has 1 aromatic rings. The molecule has 2 unspecified atom stereocenters. The molecule has 0 heterocycles. The number of aliphatic hydroxyl groups excluding tert-OH is 2. The van der Waals surface area contributed by atoms with Gasteiger partial charge in [0.15, 0.2) is 6.10 Å². The highest BCUT2D eigenvalue weighted by atomic mass is 79.9. The molecule has 0 fully saturated rings. The zero-order chi connectivity index (χ0) is 12.3. The van der Waals surface area contributed by atoms with Gasteiger partial charge in [0.2, 0.25) is 0 Å². The Morgan fingerprint density at radius 3 is 2.56 bits per heavy atom. The highest BCUT2D eigenvalue weighted by Gasteiger charge is 2.26. The Bertz CT molecular complexity index is 393. The Balaban J connectivity index is 3.06. The molecule has 1 rings (SSSR count). The standard InChI is InChI=1S/C10H11BrO5/c1-16-5-2-3-7(11)6(4-5)8(12)9(13)10(14)15/h2-4,8-9,12-13H,1H3,(H,14,15). The van der Waals surface area contributed by atoms with Crippen LogP contribution in [0.1, 0.15) is 11.7 Å². The molecule has 0 bridgehead atoms. The third-order valence-electron chi connectivity index (χ3n) is 2.07. The molecule has 5 nitrogen and oxygen atoms in total. The van der Waals surface area contributed by atoms with Gasteiger partial charge >= 0.3 is 5.97 Å². The summed E-state index contributed by atoms with van der Waals surface area (Å²) in [6.45, 7) is 0. The third-order valence-corrected chi connectivity index (χ3v) is 2.80. The highest BCUT2D eigenvalue weighted by molar-refractivity contribution is 9.10. The summed E-state index contributed by atoms with van der Waals surface area (Å²) in [5.74, 6) is -1.02. The summed E-state index contributed by atoms with van der Waals surface area (Å²) in [6.07, 6.45) is -3.38. The van der Waals surface area contributed by atoms with Crippen molar-refractivity contribution in [2.24, 2.45) is 0 Å². The van der Waals surface area contributed by atoms with E-state index in [-0.39, 0.29) is 5.56 Å². The van der Waals surface area contributed by atoms with Crippen molar-refractivity contribution in [3.8, 4) is 5.75 Å². The monoisotopic (exact) mass is 290 g/mol. The number of methoxy groups -OCH3 is 1. The molecule has 0 amide bonds. The lowest BCUT2D eigenvalue weighted by molar-refractivity contribution is -0.153. The molecule has 88 valence electrons. The smallest absolute Gasteiger partial charge is 0.335 e. The maximum Gasteiger partial charge on any atom is 0.335 e. The van der Waals surface area contributed by atoms with Crippen molar-refractivity contribution in [1.29, 1.82) is 0 Å². The first-order chi connectivity index (χ1) is 7.47. The Morgan fingerprint density at radius 1 is 1.44 bits per heavy atom. The van der Waals surface area contributed by atoms with Crippen LogP contribution in [0, 0.1) is 0 Å². The van der Waals surface area contributed by atoms with Crippen LogP contribution in [0.2, 0.25) is 0 Å². The van der Waals surface area contributed by atoms with Crippen molar-refractivity contribution in [2.45, 2.75) is 12.2 Å². The van der Waals surface area contributed by atoms with Crippen molar-refractivity contribution in [1.82, 2.24) is 0 Å². The van der Waals surface area contributed by atoms with E-state index in [4.69, 9.17) is 9.84 Å². The normalized spacial score (nSPS) is 14.2. The quantitative estimate of drug-likeness (QED) is 0.768. The third kappa shape index (κ3) is 2.72. The van der Waals surface area contributed by atoms with Crippen LogP contribution >= 0.6 is 15.9 Å². The summed E-state index contributed by atoms with van der Waals surface area (Å²) in [7, 11) is 1.45. The summed E-state index contributed by atoms with van der Waals surface area (Å²) < 4.78 is 5.44. The van der Waals surface area contributed by atoms with Crippen molar-refractivity contribution in [2.75, 3.05) is 7.11 Å². The van der Waals surface area contributed by atoms with E-state index >= 15 is 0 Å². The molecule has 3 N–H and O–H groups in total. The van der Waals surface area contributed by atoms with Crippen LogP contribution in [-0.4, -0.2) is 34.5 Å². The minimum absolute atomic E-state index is 0.259. The van der Waals surface area contributed by atoms with E-state index in [9.17, 15) is 15.0 Å². The van der Waals surface area contributed by atoms with Gasteiger partial charge in [0.1, 0.15) is 11.9 Å². The van der Waals surface area contributed by atoms with Crippen LogP contribution < -0.4 is 4.74 Å². The van der Waals surface area contributed by atoms with Gasteiger partial charge in [-0.3, -0.25) is 0 Å². The number of ether oxygens (including phenoxy) is 1. The van der Waals surface area contributed by atoms with Gasteiger partial charge in [0.25, 0.3) is 0 Å². The van der Waals surface area contributed by atoms with Gasteiger partial charge < -0.3 is 20.1 Å². The minimum atomic E-state index is -1.87. The van der Waals surface area contributed by atoms with Crippen LogP contribution in [0.25, 0.3) is 0 Å². The van der Waals surface area contributed by atoms with Gasteiger partial charge in [-0.05, 0) is 18.2 Å². The molecular formula is C10H11BrO5. The fraction of sp³-hybridized carbons (Fsp3) is 0.300. The van der Waals surface area contributed by atoms with Gasteiger partial charge in [0, 0.05) is 10.0 Å². The van der Waals surface area contributed by atoms with Gasteiger partial charge in [-0.25, -0.2) is 4.79 Å². The molecule has 0 aliphatic heterocycles. The Labute approximate surface area is 100 Å². The van der Waals surface area contributed by atoms with Gasteiger partial charge in [-0.1, -0.05) is 15.9 Å². The van der Waals surface area contributed by atoms with E-state index in [0.29, 0.717) is 10.2 Å². The van der Waals surface area contributed by atoms with Crippen LogP contribution in [-0.2, 0) is 4.79 Å². The first-order valence-corrected chi connectivity index (χ1v) is 5.19. The Kier molecular flexibility index (Phi) is 4.28. The largest absolute Gasteiger partial charge is 0.497 e. The predicted molar refractivity (Wildman–Crippen MR) is 59.3 cm³/mol. The summed E-state index contributed by atoms with van der Waals surface area (Å²) in [5, 5.41) is 27.4. The Hall–Kier alpha value is -1.11. The van der Waals surface area contributed by atoms with Crippen molar-refractivity contribution in [3.63, 3.8) is 0 Å². The predicted octanol–water partition coefficient (Wildman–Crippen LogP) is 0.937. The summed E-state index contributed by atoms with van der Waals surface area (Å²) in [4.78, 5) is 10.5. The van der Waals surface area contributed by atoms with E-state index < -0.39 is 18.2 Å². The second kappa shape index (κ2) is 5.29. The molecule has 1 aromatic carbocycles. The van der Waals surface area contributed by atoms with Crippen molar-refractivity contribution in [3.05, 3.63) is 28.2 Å². The molecule has 6 heteroatoms. The zero-order valence-corrected chi connectivity index (χ0v) is 10.0. The summed E-state index contributed by atoms with van der Waals surface area (Å²) in [5.41, 5.74) is 0.259.